The lowest BCUT2D eigenvalue weighted by Crippen LogP contribution is -2.13. The van der Waals surface area contributed by atoms with Crippen molar-refractivity contribution in [3.8, 4) is 0 Å². The second-order valence-electron chi connectivity index (χ2n) is 3.38. The van der Waals surface area contributed by atoms with Crippen LogP contribution in [-0.4, -0.2) is 23.6 Å². The third-order valence-corrected chi connectivity index (χ3v) is 2.06. The zero-order chi connectivity index (χ0) is 13.0. The van der Waals surface area contributed by atoms with Gasteiger partial charge in [-0.1, -0.05) is 0 Å². The molecule has 0 saturated heterocycles. The molecule has 0 unspecified atom stereocenters. The van der Waals surface area contributed by atoms with Crippen molar-refractivity contribution in [2.75, 3.05) is 11.9 Å². The molecule has 7 heteroatoms. The van der Waals surface area contributed by atoms with Crippen molar-refractivity contribution in [1.82, 2.24) is 0 Å². The van der Waals surface area contributed by atoms with E-state index in [-0.39, 0.29) is 17.1 Å². The Kier molecular flexibility index (Phi) is 4.08. The Hall–Kier alpha value is -2.05. The SMILES string of the molecule is CC(=N)c1ccc([N+](=O)[O-])cc1NCC(F)F. The van der Waals surface area contributed by atoms with E-state index < -0.39 is 17.9 Å². The molecule has 2 N–H and O–H groups in total. The van der Waals surface area contributed by atoms with Gasteiger partial charge in [-0.2, -0.15) is 0 Å². The van der Waals surface area contributed by atoms with Gasteiger partial charge in [0.2, 0.25) is 0 Å². The largest absolute Gasteiger partial charge is 0.379 e. The predicted molar refractivity (Wildman–Crippen MR) is 60.1 cm³/mol. The number of rotatable bonds is 5. The minimum Gasteiger partial charge on any atom is -0.379 e. The number of hydrogen-bond donors (Lipinski definition) is 2. The molecule has 0 heterocycles. The topological polar surface area (TPSA) is 79.0 Å². The van der Waals surface area contributed by atoms with Crippen molar-refractivity contribution in [3.05, 3.63) is 33.9 Å². The van der Waals surface area contributed by atoms with Crippen LogP contribution in [0.25, 0.3) is 0 Å². The fourth-order valence-electron chi connectivity index (χ4n) is 1.31. The summed E-state index contributed by atoms with van der Waals surface area (Å²) in [4.78, 5) is 9.93. The summed E-state index contributed by atoms with van der Waals surface area (Å²) in [5.41, 5.74) is 0.492. The van der Waals surface area contributed by atoms with Gasteiger partial charge in [-0.15, -0.1) is 0 Å². The maximum atomic E-state index is 12.1. The molecule has 0 saturated carbocycles. The van der Waals surface area contributed by atoms with Crippen LogP contribution < -0.4 is 5.32 Å². The van der Waals surface area contributed by atoms with Crippen LogP contribution in [0.5, 0.6) is 0 Å². The number of alkyl halides is 2. The summed E-state index contributed by atoms with van der Waals surface area (Å²) in [5, 5.41) is 20.4. The molecule has 0 aliphatic rings. The Balaban J connectivity index is 3.07. The molecule has 0 amide bonds. The smallest absolute Gasteiger partial charge is 0.271 e. The van der Waals surface area contributed by atoms with E-state index in [1.165, 1.54) is 19.1 Å². The second kappa shape index (κ2) is 5.33. The highest BCUT2D eigenvalue weighted by molar-refractivity contribution is 6.01. The number of nitro benzene ring substituents is 1. The molecule has 0 aliphatic heterocycles. The molecule has 0 radical (unpaired) electrons. The summed E-state index contributed by atoms with van der Waals surface area (Å²) in [6, 6.07) is 3.75. The monoisotopic (exact) mass is 243 g/mol. The summed E-state index contributed by atoms with van der Waals surface area (Å²) in [6.45, 7) is 0.871. The molecule has 1 rings (SSSR count). The molecule has 1 aromatic carbocycles. The van der Waals surface area contributed by atoms with Gasteiger partial charge in [0.15, 0.2) is 0 Å². The van der Waals surface area contributed by atoms with E-state index in [9.17, 15) is 18.9 Å². The van der Waals surface area contributed by atoms with Crippen molar-refractivity contribution in [3.63, 3.8) is 0 Å². The van der Waals surface area contributed by atoms with Crippen LogP contribution in [0.15, 0.2) is 18.2 Å². The van der Waals surface area contributed by atoms with Gasteiger partial charge in [-0.3, -0.25) is 10.1 Å². The number of halogens is 2. The second-order valence-corrected chi connectivity index (χ2v) is 3.38. The van der Waals surface area contributed by atoms with Crippen molar-refractivity contribution in [1.29, 1.82) is 5.41 Å². The number of nitrogens with zero attached hydrogens (tertiary/aromatic N) is 1. The summed E-state index contributed by atoms with van der Waals surface area (Å²) in [5.74, 6) is 0. The minimum atomic E-state index is -2.56. The van der Waals surface area contributed by atoms with Crippen molar-refractivity contribution in [2.24, 2.45) is 0 Å². The molecule has 0 fully saturated rings. The first kappa shape index (κ1) is 13.0. The maximum absolute atomic E-state index is 12.1. The zero-order valence-corrected chi connectivity index (χ0v) is 9.04. The maximum Gasteiger partial charge on any atom is 0.271 e. The summed E-state index contributed by atoms with van der Waals surface area (Å²) in [7, 11) is 0. The van der Waals surface area contributed by atoms with Crippen molar-refractivity contribution >= 4 is 17.1 Å². The van der Waals surface area contributed by atoms with Crippen molar-refractivity contribution < 1.29 is 13.7 Å². The van der Waals surface area contributed by atoms with E-state index in [1.807, 2.05) is 0 Å². The van der Waals surface area contributed by atoms with Gasteiger partial charge in [0.05, 0.1) is 17.2 Å². The molecule has 0 spiro atoms. The van der Waals surface area contributed by atoms with Crippen molar-refractivity contribution in [2.45, 2.75) is 13.3 Å². The normalized spacial score (nSPS) is 10.4. The summed E-state index contributed by atoms with van der Waals surface area (Å²) in [6.07, 6.45) is -2.56. The quantitative estimate of drug-likeness (QED) is 0.474. The van der Waals surface area contributed by atoms with E-state index in [1.54, 1.807) is 0 Å². The molecular formula is C10H11F2N3O2. The van der Waals surface area contributed by atoms with Gasteiger partial charge in [0.1, 0.15) is 0 Å². The number of non-ortho nitro benzene ring substituents is 1. The number of hydrogen-bond acceptors (Lipinski definition) is 4. The van der Waals surface area contributed by atoms with Crippen LogP contribution in [0.3, 0.4) is 0 Å². The third-order valence-electron chi connectivity index (χ3n) is 2.06. The fraction of sp³-hybridized carbons (Fsp3) is 0.300. The number of nitro groups is 1. The van der Waals surface area contributed by atoms with Gasteiger partial charge in [-0.05, 0) is 13.0 Å². The summed E-state index contributed by atoms with van der Waals surface area (Å²) >= 11 is 0. The lowest BCUT2D eigenvalue weighted by Gasteiger charge is -2.10. The van der Waals surface area contributed by atoms with Gasteiger partial charge in [0, 0.05) is 23.4 Å². The molecule has 0 aromatic heterocycles. The highest BCUT2D eigenvalue weighted by Gasteiger charge is 2.13. The first-order chi connectivity index (χ1) is 7.91. The Morgan fingerprint density at radius 1 is 1.59 bits per heavy atom. The van der Waals surface area contributed by atoms with Crippen LogP contribution in [-0.2, 0) is 0 Å². The highest BCUT2D eigenvalue weighted by Crippen LogP contribution is 2.23. The van der Waals surface area contributed by atoms with E-state index in [0.29, 0.717) is 5.56 Å². The van der Waals surface area contributed by atoms with Crippen LogP contribution in [0.2, 0.25) is 0 Å². The lowest BCUT2D eigenvalue weighted by molar-refractivity contribution is -0.384. The van der Waals surface area contributed by atoms with Crippen LogP contribution in [0, 0.1) is 15.5 Å². The Bertz CT molecular complexity index is 449. The van der Waals surface area contributed by atoms with Gasteiger partial charge >= 0.3 is 0 Å². The Labute approximate surface area is 96.1 Å². The van der Waals surface area contributed by atoms with E-state index in [0.717, 1.165) is 6.07 Å². The number of benzene rings is 1. The predicted octanol–water partition coefficient (Wildman–Crippen LogP) is 2.66. The third kappa shape index (κ3) is 3.47. The molecule has 0 atom stereocenters. The van der Waals surface area contributed by atoms with Gasteiger partial charge in [-0.25, -0.2) is 8.78 Å². The standard InChI is InChI=1S/C10H11F2N3O2/c1-6(13)8-3-2-7(15(16)17)4-9(8)14-5-10(11)12/h2-4,10,13-14H,5H2,1H3. The Morgan fingerprint density at radius 3 is 2.71 bits per heavy atom. The van der Waals surface area contributed by atoms with E-state index in [4.69, 9.17) is 5.41 Å². The zero-order valence-electron chi connectivity index (χ0n) is 9.04. The number of anilines is 1. The van der Waals surface area contributed by atoms with Gasteiger partial charge < -0.3 is 10.7 Å². The van der Waals surface area contributed by atoms with E-state index >= 15 is 0 Å². The summed E-state index contributed by atoms with van der Waals surface area (Å²) < 4.78 is 24.1. The van der Waals surface area contributed by atoms with Crippen LogP contribution in [0.1, 0.15) is 12.5 Å². The number of nitrogens with one attached hydrogen (secondary N) is 2. The average Bonchev–Trinajstić information content (AvgIpc) is 2.25. The lowest BCUT2D eigenvalue weighted by atomic mass is 10.1. The molecular weight excluding hydrogens is 232 g/mol. The van der Waals surface area contributed by atoms with Crippen LogP contribution >= 0.6 is 0 Å². The first-order valence-electron chi connectivity index (χ1n) is 4.78. The van der Waals surface area contributed by atoms with Crippen LogP contribution in [0.4, 0.5) is 20.2 Å². The molecule has 1 aromatic rings. The molecule has 0 bridgehead atoms. The Morgan fingerprint density at radius 2 is 2.24 bits per heavy atom. The molecule has 5 nitrogen and oxygen atoms in total. The first-order valence-corrected chi connectivity index (χ1v) is 4.78. The molecule has 92 valence electrons. The van der Waals surface area contributed by atoms with E-state index in [2.05, 4.69) is 5.32 Å². The van der Waals surface area contributed by atoms with Gasteiger partial charge in [0.25, 0.3) is 12.1 Å². The fourth-order valence-corrected chi connectivity index (χ4v) is 1.31. The minimum absolute atomic E-state index is 0.150. The molecule has 17 heavy (non-hydrogen) atoms. The highest BCUT2D eigenvalue weighted by atomic mass is 19.3. The average molecular weight is 243 g/mol. The molecule has 0 aliphatic carbocycles.